The standard InChI is InChI=1S/C19H13F2N3O5S/c1-10(29-18(26)12-3-2-4-13(7-12)24(27)28)17(25)23-19-22-16(9-30-19)11-5-6-14(20)15(21)8-11/h2-10H,1H3,(H,22,23,25). The first kappa shape index (κ1) is 21.0. The van der Waals surface area contributed by atoms with Crippen LogP contribution in [0.2, 0.25) is 0 Å². The molecule has 1 heterocycles. The molecule has 0 fully saturated rings. The van der Waals surface area contributed by atoms with Crippen LogP contribution in [-0.4, -0.2) is 27.9 Å². The van der Waals surface area contributed by atoms with Gasteiger partial charge in [-0.05, 0) is 31.2 Å². The molecule has 0 bridgehead atoms. The summed E-state index contributed by atoms with van der Waals surface area (Å²) in [6.45, 7) is 1.33. The monoisotopic (exact) mass is 433 g/mol. The largest absolute Gasteiger partial charge is 0.449 e. The van der Waals surface area contributed by atoms with Gasteiger partial charge in [-0.25, -0.2) is 18.6 Å². The quantitative estimate of drug-likeness (QED) is 0.355. The number of halogens is 2. The van der Waals surface area contributed by atoms with E-state index in [4.69, 9.17) is 4.74 Å². The number of nitro benzene ring substituents is 1. The van der Waals surface area contributed by atoms with Gasteiger partial charge in [-0.2, -0.15) is 0 Å². The summed E-state index contributed by atoms with van der Waals surface area (Å²) in [5, 5.41) is 15.0. The lowest BCUT2D eigenvalue weighted by Crippen LogP contribution is -2.30. The Hall–Kier alpha value is -3.73. The zero-order chi connectivity index (χ0) is 21.8. The van der Waals surface area contributed by atoms with Gasteiger partial charge in [0, 0.05) is 23.1 Å². The number of thiazole rings is 1. The van der Waals surface area contributed by atoms with E-state index in [0.29, 0.717) is 11.3 Å². The van der Waals surface area contributed by atoms with E-state index in [2.05, 4.69) is 10.3 Å². The number of anilines is 1. The normalized spacial score (nSPS) is 11.6. The number of non-ortho nitro benzene ring substituents is 1. The summed E-state index contributed by atoms with van der Waals surface area (Å²) in [7, 11) is 0. The van der Waals surface area contributed by atoms with E-state index in [1.54, 1.807) is 5.38 Å². The van der Waals surface area contributed by atoms with E-state index in [1.165, 1.54) is 31.2 Å². The Labute approximate surface area is 172 Å². The van der Waals surface area contributed by atoms with Crippen molar-refractivity contribution in [3.05, 3.63) is 75.2 Å². The third-order valence-corrected chi connectivity index (χ3v) is 4.65. The Kier molecular flexibility index (Phi) is 6.11. The molecule has 0 aliphatic carbocycles. The van der Waals surface area contributed by atoms with Crippen molar-refractivity contribution in [1.29, 1.82) is 0 Å². The molecule has 0 saturated heterocycles. The van der Waals surface area contributed by atoms with Crippen molar-refractivity contribution >= 4 is 34.0 Å². The van der Waals surface area contributed by atoms with E-state index in [9.17, 15) is 28.5 Å². The molecule has 3 aromatic rings. The second-order valence-corrected chi connectivity index (χ2v) is 6.87. The van der Waals surface area contributed by atoms with Crippen LogP contribution in [-0.2, 0) is 9.53 Å². The van der Waals surface area contributed by atoms with Crippen molar-refractivity contribution in [3.8, 4) is 11.3 Å². The molecular weight excluding hydrogens is 420 g/mol. The van der Waals surface area contributed by atoms with Gasteiger partial charge in [0.15, 0.2) is 22.9 Å². The number of nitrogens with one attached hydrogen (secondary N) is 1. The minimum atomic E-state index is -1.22. The molecule has 0 radical (unpaired) electrons. The van der Waals surface area contributed by atoms with Crippen LogP contribution in [0.1, 0.15) is 17.3 Å². The molecule has 0 aliphatic rings. The first-order valence-electron chi connectivity index (χ1n) is 8.42. The van der Waals surface area contributed by atoms with Crippen molar-refractivity contribution in [2.45, 2.75) is 13.0 Å². The molecule has 1 N–H and O–H groups in total. The molecule has 154 valence electrons. The van der Waals surface area contributed by atoms with Crippen LogP contribution >= 0.6 is 11.3 Å². The summed E-state index contributed by atoms with van der Waals surface area (Å²) in [6, 6.07) is 8.23. The van der Waals surface area contributed by atoms with E-state index < -0.39 is 34.5 Å². The summed E-state index contributed by atoms with van der Waals surface area (Å²) in [5.74, 6) is -3.59. The van der Waals surface area contributed by atoms with Gasteiger partial charge in [0.1, 0.15) is 0 Å². The fourth-order valence-electron chi connectivity index (χ4n) is 2.35. The number of nitrogens with zero attached hydrogens (tertiary/aromatic N) is 2. The van der Waals surface area contributed by atoms with E-state index >= 15 is 0 Å². The fourth-order valence-corrected chi connectivity index (χ4v) is 3.08. The molecule has 30 heavy (non-hydrogen) atoms. The SMILES string of the molecule is CC(OC(=O)c1cccc([N+](=O)[O-])c1)C(=O)Nc1nc(-c2ccc(F)c(F)c2)cs1. The molecule has 0 spiro atoms. The molecular formula is C19H13F2N3O5S. The number of hydrogen-bond donors (Lipinski definition) is 1. The Balaban J connectivity index is 1.64. The Morgan fingerprint density at radius 1 is 1.20 bits per heavy atom. The lowest BCUT2D eigenvalue weighted by Gasteiger charge is -2.12. The van der Waals surface area contributed by atoms with E-state index in [1.807, 2.05) is 0 Å². The first-order chi connectivity index (χ1) is 14.2. The van der Waals surface area contributed by atoms with Crippen molar-refractivity contribution in [2.24, 2.45) is 0 Å². The second kappa shape index (κ2) is 8.74. The summed E-state index contributed by atoms with van der Waals surface area (Å²) < 4.78 is 31.4. The van der Waals surface area contributed by atoms with E-state index in [-0.39, 0.29) is 16.4 Å². The lowest BCUT2D eigenvalue weighted by atomic mass is 10.2. The van der Waals surface area contributed by atoms with Crippen molar-refractivity contribution < 1.29 is 28.0 Å². The number of carbonyl (C=O) groups is 2. The van der Waals surface area contributed by atoms with Crippen molar-refractivity contribution in [2.75, 3.05) is 5.32 Å². The predicted molar refractivity (Wildman–Crippen MR) is 104 cm³/mol. The van der Waals surface area contributed by atoms with Crippen LogP contribution in [0.15, 0.2) is 47.8 Å². The minimum Gasteiger partial charge on any atom is -0.449 e. The average Bonchev–Trinajstić information content (AvgIpc) is 3.18. The summed E-state index contributed by atoms with van der Waals surface area (Å²) >= 11 is 1.05. The van der Waals surface area contributed by atoms with Gasteiger partial charge in [0.2, 0.25) is 0 Å². The maximum absolute atomic E-state index is 13.4. The maximum Gasteiger partial charge on any atom is 0.339 e. The third kappa shape index (κ3) is 4.81. The molecule has 1 amide bonds. The molecule has 11 heteroatoms. The number of amides is 1. The highest BCUT2D eigenvalue weighted by Gasteiger charge is 2.21. The number of hydrogen-bond acceptors (Lipinski definition) is 7. The zero-order valence-electron chi connectivity index (χ0n) is 15.3. The summed E-state index contributed by atoms with van der Waals surface area (Å²) in [5.41, 5.74) is 0.305. The Bertz CT molecular complexity index is 1130. The molecule has 0 aliphatic heterocycles. The summed E-state index contributed by atoms with van der Waals surface area (Å²) in [4.78, 5) is 38.7. The van der Waals surface area contributed by atoms with Crippen molar-refractivity contribution in [3.63, 3.8) is 0 Å². The number of rotatable bonds is 6. The van der Waals surface area contributed by atoms with Gasteiger partial charge in [0.25, 0.3) is 11.6 Å². The predicted octanol–water partition coefficient (Wildman–Crippen LogP) is 4.18. The van der Waals surface area contributed by atoms with E-state index in [0.717, 1.165) is 29.5 Å². The lowest BCUT2D eigenvalue weighted by molar-refractivity contribution is -0.384. The first-order valence-corrected chi connectivity index (χ1v) is 9.30. The maximum atomic E-state index is 13.4. The van der Waals surface area contributed by atoms with Gasteiger partial charge in [-0.1, -0.05) is 6.07 Å². The number of ether oxygens (including phenoxy) is 1. The Morgan fingerprint density at radius 2 is 1.97 bits per heavy atom. The highest BCUT2D eigenvalue weighted by atomic mass is 32.1. The van der Waals surface area contributed by atoms with Crippen LogP contribution in [0.3, 0.4) is 0 Å². The summed E-state index contributed by atoms with van der Waals surface area (Å²) in [6.07, 6.45) is -1.22. The molecule has 0 saturated carbocycles. The van der Waals surface area contributed by atoms with Gasteiger partial charge in [-0.3, -0.25) is 20.2 Å². The van der Waals surface area contributed by atoms with Crippen LogP contribution in [0.5, 0.6) is 0 Å². The molecule has 8 nitrogen and oxygen atoms in total. The molecule has 1 unspecified atom stereocenters. The number of nitro groups is 1. The van der Waals surface area contributed by atoms with Gasteiger partial charge in [-0.15, -0.1) is 11.3 Å². The van der Waals surface area contributed by atoms with Gasteiger partial charge in [0.05, 0.1) is 16.2 Å². The molecule has 1 aromatic heterocycles. The number of aromatic nitrogens is 1. The van der Waals surface area contributed by atoms with Crippen molar-refractivity contribution in [1.82, 2.24) is 4.98 Å². The number of esters is 1. The smallest absolute Gasteiger partial charge is 0.339 e. The van der Waals surface area contributed by atoms with Gasteiger partial charge < -0.3 is 4.74 Å². The highest BCUT2D eigenvalue weighted by Crippen LogP contribution is 2.26. The van der Waals surface area contributed by atoms with Crippen LogP contribution in [0.4, 0.5) is 19.6 Å². The fraction of sp³-hybridized carbons (Fsp3) is 0.105. The van der Waals surface area contributed by atoms with Crippen LogP contribution in [0, 0.1) is 21.7 Å². The number of benzene rings is 2. The second-order valence-electron chi connectivity index (χ2n) is 6.01. The number of carbonyl (C=O) groups excluding carboxylic acids is 2. The molecule has 2 aromatic carbocycles. The van der Waals surface area contributed by atoms with Gasteiger partial charge >= 0.3 is 5.97 Å². The molecule has 1 atom stereocenters. The topological polar surface area (TPSA) is 111 Å². The minimum absolute atomic E-state index is 0.0706. The van der Waals surface area contributed by atoms with Crippen LogP contribution < -0.4 is 5.32 Å². The molecule has 3 rings (SSSR count). The zero-order valence-corrected chi connectivity index (χ0v) is 16.1. The Morgan fingerprint density at radius 3 is 2.67 bits per heavy atom. The average molecular weight is 433 g/mol. The highest BCUT2D eigenvalue weighted by molar-refractivity contribution is 7.14. The third-order valence-electron chi connectivity index (χ3n) is 3.90. The van der Waals surface area contributed by atoms with Crippen LogP contribution in [0.25, 0.3) is 11.3 Å².